The van der Waals surface area contributed by atoms with Crippen LogP contribution >= 0.6 is 0 Å². The molecule has 0 saturated carbocycles. The van der Waals surface area contributed by atoms with Crippen molar-refractivity contribution in [3.8, 4) is 17.0 Å². The molecule has 2 aromatic rings. The third kappa shape index (κ3) is 2.41. The van der Waals surface area contributed by atoms with E-state index >= 15 is 0 Å². The summed E-state index contributed by atoms with van der Waals surface area (Å²) in [5.74, 6) is 1.08. The summed E-state index contributed by atoms with van der Waals surface area (Å²) in [6.07, 6.45) is 2.14. The molecule has 2 N–H and O–H groups in total. The summed E-state index contributed by atoms with van der Waals surface area (Å²) in [4.78, 5) is 0. The van der Waals surface area contributed by atoms with Crippen LogP contribution in [0.25, 0.3) is 11.3 Å². The molecule has 0 aliphatic heterocycles. The van der Waals surface area contributed by atoms with Crippen molar-refractivity contribution in [1.29, 1.82) is 0 Å². The van der Waals surface area contributed by atoms with Gasteiger partial charge >= 0.3 is 0 Å². The zero-order valence-corrected chi connectivity index (χ0v) is 10.1. The van der Waals surface area contributed by atoms with Crippen LogP contribution in [0.1, 0.15) is 18.9 Å². The Morgan fingerprint density at radius 1 is 1.35 bits per heavy atom. The van der Waals surface area contributed by atoms with Crippen LogP contribution in [0.2, 0.25) is 0 Å². The second kappa shape index (κ2) is 4.91. The fourth-order valence-corrected chi connectivity index (χ4v) is 1.82. The maximum Gasteiger partial charge on any atom is 0.222 e. The summed E-state index contributed by atoms with van der Waals surface area (Å²) in [5, 5.41) is 3.92. The van der Waals surface area contributed by atoms with Gasteiger partial charge in [0.25, 0.3) is 0 Å². The lowest BCUT2D eigenvalue weighted by molar-refractivity contribution is 0.414. The first-order valence-electron chi connectivity index (χ1n) is 5.64. The molecular weight excluding hydrogens is 216 g/mol. The average Bonchev–Trinajstić information content (AvgIpc) is 2.76. The molecule has 2 rings (SSSR count). The van der Waals surface area contributed by atoms with Crippen molar-refractivity contribution in [2.24, 2.45) is 0 Å². The van der Waals surface area contributed by atoms with Crippen LogP contribution in [-0.2, 0) is 6.42 Å². The van der Waals surface area contributed by atoms with Crippen molar-refractivity contribution in [2.75, 3.05) is 12.8 Å². The molecule has 0 radical (unpaired) electrons. The van der Waals surface area contributed by atoms with Gasteiger partial charge in [-0.1, -0.05) is 24.6 Å². The van der Waals surface area contributed by atoms with Crippen LogP contribution in [-0.4, -0.2) is 12.3 Å². The summed E-state index contributed by atoms with van der Waals surface area (Å²) >= 11 is 0. The second-order valence-electron chi connectivity index (χ2n) is 3.90. The fraction of sp³-hybridized carbons (Fsp3) is 0.308. The quantitative estimate of drug-likeness (QED) is 0.880. The third-order valence-corrected chi connectivity index (χ3v) is 2.61. The number of hydrogen-bond donors (Lipinski definition) is 1. The molecule has 1 aromatic carbocycles. The zero-order chi connectivity index (χ0) is 12.3. The van der Waals surface area contributed by atoms with Crippen LogP contribution in [0.15, 0.2) is 28.8 Å². The highest BCUT2D eigenvalue weighted by Crippen LogP contribution is 2.31. The van der Waals surface area contributed by atoms with E-state index in [4.69, 9.17) is 15.0 Å². The normalized spacial score (nSPS) is 10.5. The average molecular weight is 232 g/mol. The van der Waals surface area contributed by atoms with Crippen molar-refractivity contribution in [3.63, 3.8) is 0 Å². The van der Waals surface area contributed by atoms with Gasteiger partial charge < -0.3 is 15.0 Å². The Hall–Kier alpha value is -1.97. The van der Waals surface area contributed by atoms with E-state index in [1.165, 1.54) is 5.56 Å². The lowest BCUT2D eigenvalue weighted by Gasteiger charge is -2.08. The predicted octanol–water partition coefficient (Wildman–Crippen LogP) is 2.88. The molecule has 0 bridgehead atoms. The summed E-state index contributed by atoms with van der Waals surface area (Å²) in [6.45, 7) is 2.15. The second-order valence-corrected chi connectivity index (χ2v) is 3.90. The first-order chi connectivity index (χ1) is 8.24. The van der Waals surface area contributed by atoms with Crippen molar-refractivity contribution < 1.29 is 9.26 Å². The number of hydrogen-bond acceptors (Lipinski definition) is 4. The Balaban J connectivity index is 2.45. The molecule has 4 heteroatoms. The predicted molar refractivity (Wildman–Crippen MR) is 66.9 cm³/mol. The van der Waals surface area contributed by atoms with Gasteiger partial charge in [-0.2, -0.15) is 0 Å². The Labute approximate surface area is 100 Å². The maximum absolute atomic E-state index is 5.53. The number of rotatable bonds is 4. The van der Waals surface area contributed by atoms with Crippen LogP contribution < -0.4 is 10.5 Å². The topological polar surface area (TPSA) is 61.3 Å². The molecule has 0 saturated heterocycles. The summed E-state index contributed by atoms with van der Waals surface area (Å²) in [6, 6.07) is 7.79. The van der Waals surface area contributed by atoms with E-state index in [1.807, 2.05) is 6.07 Å². The van der Waals surface area contributed by atoms with E-state index in [1.54, 1.807) is 13.2 Å². The fourth-order valence-electron chi connectivity index (χ4n) is 1.82. The molecule has 17 heavy (non-hydrogen) atoms. The molecule has 1 heterocycles. The highest BCUT2D eigenvalue weighted by molar-refractivity contribution is 5.69. The summed E-state index contributed by atoms with van der Waals surface area (Å²) in [5.41, 5.74) is 8.41. The number of nitrogens with two attached hydrogens (primary N) is 1. The van der Waals surface area contributed by atoms with Gasteiger partial charge in [-0.25, -0.2) is 0 Å². The van der Waals surface area contributed by atoms with Crippen molar-refractivity contribution in [3.05, 3.63) is 29.8 Å². The largest absolute Gasteiger partial charge is 0.496 e. The molecule has 0 aliphatic rings. The Kier molecular flexibility index (Phi) is 3.32. The number of aromatic nitrogens is 1. The van der Waals surface area contributed by atoms with Gasteiger partial charge in [0.2, 0.25) is 5.88 Å². The van der Waals surface area contributed by atoms with Crippen molar-refractivity contribution in [1.82, 2.24) is 5.16 Å². The number of nitrogen functional groups attached to an aromatic ring is 1. The molecule has 0 unspecified atom stereocenters. The third-order valence-electron chi connectivity index (χ3n) is 2.61. The minimum absolute atomic E-state index is 0.308. The molecule has 90 valence electrons. The van der Waals surface area contributed by atoms with Gasteiger partial charge in [0.05, 0.1) is 7.11 Å². The summed E-state index contributed by atoms with van der Waals surface area (Å²) in [7, 11) is 1.64. The molecule has 1 aromatic heterocycles. The molecule has 0 spiro atoms. The molecule has 0 atom stereocenters. The molecule has 0 amide bonds. The number of methoxy groups -OCH3 is 1. The van der Waals surface area contributed by atoms with Gasteiger partial charge in [0.1, 0.15) is 11.4 Å². The van der Waals surface area contributed by atoms with E-state index in [0.29, 0.717) is 11.6 Å². The first-order valence-corrected chi connectivity index (χ1v) is 5.64. The van der Waals surface area contributed by atoms with Crippen LogP contribution in [0.3, 0.4) is 0 Å². The summed E-state index contributed by atoms with van der Waals surface area (Å²) < 4.78 is 10.2. The van der Waals surface area contributed by atoms with Gasteiger partial charge in [0.15, 0.2) is 0 Å². The maximum atomic E-state index is 5.53. The lowest BCUT2D eigenvalue weighted by atomic mass is 10.0. The molecule has 0 aliphatic carbocycles. The van der Waals surface area contributed by atoms with Gasteiger partial charge in [-0.3, -0.25) is 0 Å². The number of aryl methyl sites for hydroxylation is 1. The number of ether oxygens (including phenoxy) is 1. The van der Waals surface area contributed by atoms with Gasteiger partial charge in [-0.05, 0) is 24.1 Å². The van der Waals surface area contributed by atoms with E-state index in [0.717, 1.165) is 24.2 Å². The highest BCUT2D eigenvalue weighted by atomic mass is 16.5. The number of nitrogens with zero attached hydrogens (tertiary/aromatic N) is 1. The Morgan fingerprint density at radius 2 is 2.18 bits per heavy atom. The minimum atomic E-state index is 0.308. The number of anilines is 1. The van der Waals surface area contributed by atoms with Gasteiger partial charge in [0, 0.05) is 11.6 Å². The standard InChI is InChI=1S/C13H16N2O2/c1-3-4-9-5-6-12(16-2)10(7-9)11-8-13(14)17-15-11/h5-8H,3-4,14H2,1-2H3. The molecule has 0 fully saturated rings. The molecule has 4 nitrogen and oxygen atoms in total. The van der Waals surface area contributed by atoms with Crippen LogP contribution in [0.5, 0.6) is 5.75 Å². The Morgan fingerprint density at radius 3 is 2.76 bits per heavy atom. The highest BCUT2D eigenvalue weighted by Gasteiger charge is 2.11. The monoisotopic (exact) mass is 232 g/mol. The van der Waals surface area contributed by atoms with E-state index in [2.05, 4.69) is 24.2 Å². The lowest BCUT2D eigenvalue weighted by Crippen LogP contribution is -1.91. The van der Waals surface area contributed by atoms with Crippen molar-refractivity contribution >= 4 is 5.88 Å². The first kappa shape index (κ1) is 11.5. The van der Waals surface area contributed by atoms with Gasteiger partial charge in [-0.15, -0.1) is 0 Å². The Bertz CT molecular complexity index is 506. The van der Waals surface area contributed by atoms with E-state index in [9.17, 15) is 0 Å². The molecular formula is C13H16N2O2. The smallest absolute Gasteiger partial charge is 0.222 e. The van der Waals surface area contributed by atoms with Crippen LogP contribution in [0.4, 0.5) is 5.88 Å². The van der Waals surface area contributed by atoms with Crippen LogP contribution in [0, 0.1) is 0 Å². The SMILES string of the molecule is CCCc1ccc(OC)c(-c2cc(N)on2)c1. The number of benzene rings is 1. The van der Waals surface area contributed by atoms with E-state index in [-0.39, 0.29) is 0 Å². The van der Waals surface area contributed by atoms with Crippen molar-refractivity contribution in [2.45, 2.75) is 19.8 Å². The zero-order valence-electron chi connectivity index (χ0n) is 10.1. The minimum Gasteiger partial charge on any atom is -0.496 e. The van der Waals surface area contributed by atoms with E-state index < -0.39 is 0 Å².